The summed E-state index contributed by atoms with van der Waals surface area (Å²) in [7, 11) is 3.73. The zero-order valence-corrected chi connectivity index (χ0v) is 9.34. The van der Waals surface area contributed by atoms with Gasteiger partial charge in [0.2, 0.25) is 0 Å². The number of nitrogens with zero attached hydrogens (tertiary/aromatic N) is 1. The SMILES string of the molecule is CC.COCC1(CO)CCCN1C. The number of aliphatic hydroxyl groups excluding tert-OH is 1. The molecule has 0 aromatic carbocycles. The van der Waals surface area contributed by atoms with Crippen LogP contribution in [0.1, 0.15) is 26.7 Å². The van der Waals surface area contributed by atoms with E-state index in [9.17, 15) is 5.11 Å². The van der Waals surface area contributed by atoms with Crippen LogP contribution in [0.5, 0.6) is 0 Å². The van der Waals surface area contributed by atoms with Gasteiger partial charge in [0.05, 0.1) is 18.8 Å². The molecule has 13 heavy (non-hydrogen) atoms. The Labute approximate surface area is 81.7 Å². The molecule has 0 aromatic rings. The van der Waals surface area contributed by atoms with Gasteiger partial charge in [-0.05, 0) is 26.4 Å². The summed E-state index contributed by atoms with van der Waals surface area (Å²) >= 11 is 0. The number of likely N-dealkylation sites (tertiary alicyclic amines) is 1. The van der Waals surface area contributed by atoms with E-state index in [2.05, 4.69) is 4.90 Å². The Hall–Kier alpha value is -0.120. The predicted octanol–water partition coefficient (Wildman–Crippen LogP) is 1.12. The molecule has 1 aliphatic heterocycles. The van der Waals surface area contributed by atoms with E-state index < -0.39 is 0 Å². The smallest absolute Gasteiger partial charge is 0.0673 e. The Morgan fingerprint density at radius 2 is 2.08 bits per heavy atom. The molecule has 0 amide bonds. The predicted molar refractivity (Wildman–Crippen MR) is 54.9 cm³/mol. The Balaban J connectivity index is 0.000000671. The van der Waals surface area contributed by atoms with Gasteiger partial charge in [0.25, 0.3) is 0 Å². The van der Waals surface area contributed by atoms with E-state index in [4.69, 9.17) is 4.74 Å². The summed E-state index contributed by atoms with van der Waals surface area (Å²) in [6, 6.07) is 0. The zero-order valence-electron chi connectivity index (χ0n) is 9.34. The minimum Gasteiger partial charge on any atom is -0.394 e. The monoisotopic (exact) mass is 189 g/mol. The maximum atomic E-state index is 9.20. The first kappa shape index (κ1) is 12.9. The Morgan fingerprint density at radius 3 is 2.38 bits per heavy atom. The highest BCUT2D eigenvalue weighted by molar-refractivity contribution is 4.93. The third kappa shape index (κ3) is 2.93. The molecule has 1 unspecified atom stereocenters. The molecule has 0 spiro atoms. The Bertz CT molecular complexity index is 130. The fourth-order valence-electron chi connectivity index (χ4n) is 1.77. The van der Waals surface area contributed by atoms with Crippen LogP contribution < -0.4 is 0 Å². The molecule has 3 nitrogen and oxygen atoms in total. The van der Waals surface area contributed by atoms with Crippen LogP contribution in [0.2, 0.25) is 0 Å². The summed E-state index contributed by atoms with van der Waals surface area (Å²) < 4.78 is 5.09. The van der Waals surface area contributed by atoms with Crippen LogP contribution in [-0.4, -0.2) is 49.5 Å². The highest BCUT2D eigenvalue weighted by Gasteiger charge is 2.37. The van der Waals surface area contributed by atoms with E-state index in [-0.39, 0.29) is 12.1 Å². The lowest BCUT2D eigenvalue weighted by Crippen LogP contribution is -2.48. The maximum absolute atomic E-state index is 9.20. The molecule has 1 saturated heterocycles. The summed E-state index contributed by atoms with van der Waals surface area (Å²) in [5.74, 6) is 0. The number of rotatable bonds is 3. The van der Waals surface area contributed by atoms with Crippen LogP contribution in [0.4, 0.5) is 0 Å². The second-order valence-electron chi connectivity index (χ2n) is 3.34. The van der Waals surface area contributed by atoms with Gasteiger partial charge < -0.3 is 9.84 Å². The molecule has 1 aliphatic rings. The first-order valence-electron chi connectivity index (χ1n) is 5.06. The molecule has 1 atom stereocenters. The highest BCUT2D eigenvalue weighted by atomic mass is 16.5. The summed E-state index contributed by atoms with van der Waals surface area (Å²) in [6.07, 6.45) is 2.22. The summed E-state index contributed by atoms with van der Waals surface area (Å²) in [5.41, 5.74) is -0.0885. The quantitative estimate of drug-likeness (QED) is 0.722. The lowest BCUT2D eigenvalue weighted by atomic mass is 9.99. The second kappa shape index (κ2) is 6.35. The molecule has 80 valence electrons. The van der Waals surface area contributed by atoms with Gasteiger partial charge in [-0.3, -0.25) is 4.90 Å². The van der Waals surface area contributed by atoms with Crippen molar-refractivity contribution in [2.24, 2.45) is 0 Å². The normalized spacial score (nSPS) is 28.4. The lowest BCUT2D eigenvalue weighted by Gasteiger charge is -2.33. The molecule has 0 aliphatic carbocycles. The van der Waals surface area contributed by atoms with Crippen LogP contribution in [0.25, 0.3) is 0 Å². The molecule has 1 heterocycles. The molecule has 1 fully saturated rings. The van der Waals surface area contributed by atoms with Gasteiger partial charge in [-0.25, -0.2) is 0 Å². The van der Waals surface area contributed by atoms with Crippen LogP contribution in [0.3, 0.4) is 0 Å². The van der Waals surface area contributed by atoms with Crippen molar-refractivity contribution in [1.29, 1.82) is 0 Å². The maximum Gasteiger partial charge on any atom is 0.0673 e. The molecule has 3 heteroatoms. The Kier molecular flexibility index (Phi) is 6.29. The van der Waals surface area contributed by atoms with Crippen LogP contribution >= 0.6 is 0 Å². The van der Waals surface area contributed by atoms with Crippen molar-refractivity contribution in [2.75, 3.05) is 33.9 Å². The van der Waals surface area contributed by atoms with Gasteiger partial charge in [-0.1, -0.05) is 13.8 Å². The van der Waals surface area contributed by atoms with E-state index in [1.165, 1.54) is 6.42 Å². The van der Waals surface area contributed by atoms with Gasteiger partial charge in [-0.15, -0.1) is 0 Å². The van der Waals surface area contributed by atoms with Gasteiger partial charge >= 0.3 is 0 Å². The third-order valence-electron chi connectivity index (χ3n) is 2.65. The van der Waals surface area contributed by atoms with Gasteiger partial charge in [0, 0.05) is 7.11 Å². The average molecular weight is 189 g/mol. The molecule has 0 radical (unpaired) electrons. The number of hydrogen-bond donors (Lipinski definition) is 1. The molecular formula is C10H23NO2. The van der Waals surface area contributed by atoms with Crippen LogP contribution in [-0.2, 0) is 4.74 Å². The molecule has 1 rings (SSSR count). The molecule has 0 saturated carbocycles. The standard InChI is InChI=1S/C8H17NO2.C2H6/c1-9-5-3-4-8(9,6-10)7-11-2;1-2/h10H,3-7H2,1-2H3;1-2H3. The van der Waals surface area contributed by atoms with Gasteiger partial charge in [-0.2, -0.15) is 0 Å². The first-order valence-corrected chi connectivity index (χ1v) is 5.06. The average Bonchev–Trinajstić information content (AvgIpc) is 2.53. The summed E-state index contributed by atoms with van der Waals surface area (Å²) in [5, 5.41) is 9.20. The van der Waals surface area contributed by atoms with Crippen molar-refractivity contribution in [3.8, 4) is 0 Å². The van der Waals surface area contributed by atoms with Crippen molar-refractivity contribution >= 4 is 0 Å². The third-order valence-corrected chi connectivity index (χ3v) is 2.65. The van der Waals surface area contributed by atoms with E-state index in [0.29, 0.717) is 6.61 Å². The number of ether oxygens (including phenoxy) is 1. The van der Waals surface area contributed by atoms with Gasteiger partial charge in [0.1, 0.15) is 0 Å². The number of aliphatic hydroxyl groups is 1. The summed E-state index contributed by atoms with van der Waals surface area (Å²) in [4.78, 5) is 2.19. The minimum atomic E-state index is -0.0885. The van der Waals surface area contributed by atoms with Crippen molar-refractivity contribution in [1.82, 2.24) is 4.90 Å². The number of methoxy groups -OCH3 is 1. The lowest BCUT2D eigenvalue weighted by molar-refractivity contribution is 0.0107. The molecular weight excluding hydrogens is 166 g/mol. The van der Waals surface area contributed by atoms with Crippen molar-refractivity contribution in [3.63, 3.8) is 0 Å². The van der Waals surface area contributed by atoms with Crippen molar-refractivity contribution in [2.45, 2.75) is 32.2 Å². The highest BCUT2D eigenvalue weighted by Crippen LogP contribution is 2.27. The number of likely N-dealkylation sites (N-methyl/N-ethyl adjacent to an activating group) is 1. The van der Waals surface area contributed by atoms with Crippen LogP contribution in [0, 0.1) is 0 Å². The fourth-order valence-corrected chi connectivity index (χ4v) is 1.77. The van der Waals surface area contributed by atoms with Crippen molar-refractivity contribution in [3.05, 3.63) is 0 Å². The van der Waals surface area contributed by atoms with E-state index in [1.54, 1.807) is 7.11 Å². The first-order chi connectivity index (χ1) is 6.25. The number of hydrogen-bond acceptors (Lipinski definition) is 3. The summed E-state index contributed by atoms with van der Waals surface area (Å²) in [6.45, 7) is 5.92. The molecule has 0 bridgehead atoms. The topological polar surface area (TPSA) is 32.7 Å². The van der Waals surface area contributed by atoms with Crippen LogP contribution in [0.15, 0.2) is 0 Å². The molecule has 0 aromatic heterocycles. The zero-order chi connectivity index (χ0) is 10.3. The second-order valence-corrected chi connectivity index (χ2v) is 3.34. The van der Waals surface area contributed by atoms with E-state index >= 15 is 0 Å². The van der Waals surface area contributed by atoms with Crippen molar-refractivity contribution < 1.29 is 9.84 Å². The minimum absolute atomic E-state index is 0.0885. The van der Waals surface area contributed by atoms with E-state index in [0.717, 1.165) is 13.0 Å². The Morgan fingerprint density at radius 1 is 1.46 bits per heavy atom. The van der Waals surface area contributed by atoms with Gasteiger partial charge in [0.15, 0.2) is 0 Å². The fraction of sp³-hybridized carbons (Fsp3) is 1.00. The molecule has 1 N–H and O–H groups in total. The largest absolute Gasteiger partial charge is 0.394 e. The van der Waals surface area contributed by atoms with E-state index in [1.807, 2.05) is 20.9 Å².